The normalized spacial score (nSPS) is 17.6. The minimum Gasteiger partial charge on any atom is -0.368 e. The van der Waals surface area contributed by atoms with Crippen LogP contribution in [0.25, 0.3) is 0 Å². The topological polar surface area (TPSA) is 72.9 Å². The summed E-state index contributed by atoms with van der Waals surface area (Å²) in [5, 5.41) is 8.41. The van der Waals surface area contributed by atoms with E-state index in [1.54, 1.807) is 11.0 Å². The lowest BCUT2D eigenvalue weighted by atomic mass is 10.2. The fraction of sp³-hybridized carbons (Fsp3) is 0.400. The predicted molar refractivity (Wildman–Crippen MR) is 106 cm³/mol. The van der Waals surface area contributed by atoms with Crippen molar-refractivity contribution in [3.63, 3.8) is 0 Å². The zero-order valence-electron chi connectivity index (χ0n) is 15.8. The van der Waals surface area contributed by atoms with Crippen molar-refractivity contribution in [3.8, 4) is 0 Å². The number of carbonyl (C=O) groups is 2. The highest BCUT2D eigenvalue weighted by molar-refractivity contribution is 5.92. The molecule has 146 valence electrons. The van der Waals surface area contributed by atoms with Crippen LogP contribution in [-0.2, 0) is 4.79 Å². The van der Waals surface area contributed by atoms with E-state index in [-0.39, 0.29) is 5.91 Å². The Morgan fingerprint density at radius 3 is 2.07 bits per heavy atom. The number of anilines is 2. The summed E-state index contributed by atoms with van der Waals surface area (Å²) in [6, 6.07) is 13.9. The van der Waals surface area contributed by atoms with Gasteiger partial charge in [-0.05, 0) is 24.3 Å². The number of aromatic nitrogens is 2. The first-order chi connectivity index (χ1) is 13.7. The SMILES string of the molecule is O=CN1CCN(c2ccc(C(=O)N3CCN(c4ccccc4)CC3)nn2)CC1. The molecule has 2 aliphatic heterocycles. The highest BCUT2D eigenvalue weighted by atomic mass is 16.2. The molecule has 2 saturated heterocycles. The average molecular weight is 380 g/mol. The number of piperazine rings is 2. The van der Waals surface area contributed by atoms with Crippen LogP contribution in [-0.4, -0.2) is 84.7 Å². The molecule has 0 radical (unpaired) electrons. The highest BCUT2D eigenvalue weighted by Crippen LogP contribution is 2.17. The molecule has 0 bridgehead atoms. The van der Waals surface area contributed by atoms with Crippen LogP contribution in [0, 0.1) is 0 Å². The van der Waals surface area contributed by atoms with Crippen molar-refractivity contribution in [2.45, 2.75) is 0 Å². The standard InChI is InChI=1S/C20H24N6O2/c27-16-23-8-10-25(11-9-23)19-7-6-18(21-22-19)20(28)26-14-12-24(13-15-26)17-4-2-1-3-5-17/h1-7,16H,8-15H2. The number of amides is 2. The third-order valence-corrected chi connectivity index (χ3v) is 5.35. The summed E-state index contributed by atoms with van der Waals surface area (Å²) < 4.78 is 0. The van der Waals surface area contributed by atoms with Gasteiger partial charge < -0.3 is 19.6 Å². The Morgan fingerprint density at radius 1 is 0.786 bits per heavy atom. The summed E-state index contributed by atoms with van der Waals surface area (Å²) >= 11 is 0. The molecule has 1 aromatic heterocycles. The molecule has 2 aromatic rings. The molecular weight excluding hydrogens is 356 g/mol. The van der Waals surface area contributed by atoms with E-state index in [1.807, 2.05) is 29.2 Å². The van der Waals surface area contributed by atoms with Crippen molar-refractivity contribution in [1.29, 1.82) is 0 Å². The van der Waals surface area contributed by atoms with Gasteiger partial charge in [0.2, 0.25) is 6.41 Å². The smallest absolute Gasteiger partial charge is 0.274 e. The Bertz CT molecular complexity index is 797. The van der Waals surface area contributed by atoms with E-state index in [1.165, 1.54) is 5.69 Å². The maximum Gasteiger partial charge on any atom is 0.274 e. The van der Waals surface area contributed by atoms with Crippen molar-refractivity contribution in [2.24, 2.45) is 0 Å². The van der Waals surface area contributed by atoms with Gasteiger partial charge in [-0.1, -0.05) is 18.2 Å². The molecular formula is C20H24N6O2. The van der Waals surface area contributed by atoms with Crippen LogP contribution in [0.15, 0.2) is 42.5 Å². The number of carbonyl (C=O) groups excluding carboxylic acids is 2. The fourth-order valence-electron chi connectivity index (χ4n) is 3.63. The lowest BCUT2D eigenvalue weighted by Crippen LogP contribution is -2.49. The summed E-state index contributed by atoms with van der Waals surface area (Å²) in [5.74, 6) is 0.675. The minimum atomic E-state index is -0.0717. The van der Waals surface area contributed by atoms with Crippen LogP contribution in [0.3, 0.4) is 0 Å². The zero-order chi connectivity index (χ0) is 19.3. The zero-order valence-corrected chi connectivity index (χ0v) is 15.8. The van der Waals surface area contributed by atoms with Gasteiger partial charge in [-0.3, -0.25) is 9.59 Å². The lowest BCUT2D eigenvalue weighted by Gasteiger charge is -2.36. The van der Waals surface area contributed by atoms with Crippen molar-refractivity contribution in [2.75, 3.05) is 62.2 Å². The second kappa shape index (κ2) is 8.24. The van der Waals surface area contributed by atoms with Crippen LogP contribution < -0.4 is 9.80 Å². The summed E-state index contributed by atoms with van der Waals surface area (Å²) in [6.07, 6.45) is 0.877. The second-order valence-corrected chi connectivity index (χ2v) is 7.02. The number of nitrogens with zero attached hydrogens (tertiary/aromatic N) is 6. The van der Waals surface area contributed by atoms with Gasteiger partial charge in [-0.15, -0.1) is 10.2 Å². The van der Waals surface area contributed by atoms with E-state index < -0.39 is 0 Å². The van der Waals surface area contributed by atoms with Gasteiger partial charge in [0.05, 0.1) is 0 Å². The maximum absolute atomic E-state index is 12.8. The van der Waals surface area contributed by atoms with Crippen molar-refractivity contribution < 1.29 is 9.59 Å². The molecule has 8 nitrogen and oxygen atoms in total. The molecule has 0 unspecified atom stereocenters. The monoisotopic (exact) mass is 380 g/mol. The first kappa shape index (κ1) is 18.2. The van der Waals surface area contributed by atoms with E-state index in [0.29, 0.717) is 31.9 Å². The van der Waals surface area contributed by atoms with Gasteiger partial charge in [-0.2, -0.15) is 0 Å². The van der Waals surface area contributed by atoms with E-state index in [4.69, 9.17) is 0 Å². The molecule has 4 rings (SSSR count). The molecule has 1 aromatic carbocycles. The molecule has 28 heavy (non-hydrogen) atoms. The molecule has 0 spiro atoms. The van der Waals surface area contributed by atoms with Crippen molar-refractivity contribution in [1.82, 2.24) is 20.0 Å². The lowest BCUT2D eigenvalue weighted by molar-refractivity contribution is -0.118. The van der Waals surface area contributed by atoms with Gasteiger partial charge in [0.15, 0.2) is 11.5 Å². The third kappa shape index (κ3) is 3.90. The fourth-order valence-corrected chi connectivity index (χ4v) is 3.63. The first-order valence-corrected chi connectivity index (χ1v) is 9.62. The number of hydrogen-bond acceptors (Lipinski definition) is 6. The number of benzene rings is 1. The Hall–Kier alpha value is -3.16. The second-order valence-electron chi connectivity index (χ2n) is 7.02. The quantitative estimate of drug-likeness (QED) is 0.728. The molecule has 2 amide bonds. The summed E-state index contributed by atoms with van der Waals surface area (Å²) in [5.41, 5.74) is 1.57. The summed E-state index contributed by atoms with van der Waals surface area (Å²) in [4.78, 5) is 31.5. The van der Waals surface area contributed by atoms with Gasteiger partial charge in [0, 0.05) is 58.0 Å². The Balaban J connectivity index is 1.33. The highest BCUT2D eigenvalue weighted by Gasteiger charge is 2.24. The predicted octanol–water partition coefficient (Wildman–Crippen LogP) is 0.717. The van der Waals surface area contributed by atoms with Gasteiger partial charge >= 0.3 is 0 Å². The van der Waals surface area contributed by atoms with Crippen LogP contribution in [0.2, 0.25) is 0 Å². The molecule has 0 saturated carbocycles. The number of hydrogen-bond donors (Lipinski definition) is 0. The van der Waals surface area contributed by atoms with Gasteiger partial charge in [0.1, 0.15) is 0 Å². The molecule has 0 atom stereocenters. The summed E-state index contributed by atoms with van der Waals surface area (Å²) in [7, 11) is 0. The van der Waals surface area contributed by atoms with E-state index in [2.05, 4.69) is 32.1 Å². The molecule has 8 heteroatoms. The van der Waals surface area contributed by atoms with Crippen molar-refractivity contribution in [3.05, 3.63) is 48.2 Å². The van der Waals surface area contributed by atoms with E-state index in [0.717, 1.165) is 38.4 Å². The van der Waals surface area contributed by atoms with Crippen LogP contribution in [0.5, 0.6) is 0 Å². The molecule has 3 heterocycles. The van der Waals surface area contributed by atoms with E-state index in [9.17, 15) is 9.59 Å². The number of para-hydroxylation sites is 1. The Kier molecular flexibility index (Phi) is 5.36. The van der Waals surface area contributed by atoms with Gasteiger partial charge in [0.25, 0.3) is 5.91 Å². The Labute approximate surface area is 164 Å². The van der Waals surface area contributed by atoms with Crippen LogP contribution in [0.4, 0.5) is 11.5 Å². The largest absolute Gasteiger partial charge is 0.368 e. The molecule has 0 aliphatic carbocycles. The summed E-state index contributed by atoms with van der Waals surface area (Å²) in [6.45, 7) is 5.76. The van der Waals surface area contributed by atoms with Crippen LogP contribution in [0.1, 0.15) is 10.5 Å². The first-order valence-electron chi connectivity index (χ1n) is 9.62. The van der Waals surface area contributed by atoms with Crippen LogP contribution >= 0.6 is 0 Å². The Morgan fingerprint density at radius 2 is 1.46 bits per heavy atom. The molecule has 2 fully saturated rings. The minimum absolute atomic E-state index is 0.0717. The van der Waals surface area contributed by atoms with Crippen molar-refractivity contribution >= 4 is 23.8 Å². The van der Waals surface area contributed by atoms with E-state index >= 15 is 0 Å². The van der Waals surface area contributed by atoms with Gasteiger partial charge in [-0.25, -0.2) is 0 Å². The number of rotatable bonds is 4. The molecule has 0 N–H and O–H groups in total. The average Bonchev–Trinajstić information content (AvgIpc) is 2.79. The third-order valence-electron chi connectivity index (χ3n) is 5.35. The maximum atomic E-state index is 12.8. The molecule has 2 aliphatic rings.